The van der Waals surface area contributed by atoms with Gasteiger partial charge in [-0.25, -0.2) is 4.98 Å². The molecular formula is C18H25N3O. The van der Waals surface area contributed by atoms with Crippen LogP contribution in [-0.4, -0.2) is 48.0 Å². The molecule has 0 bridgehead atoms. The van der Waals surface area contributed by atoms with Crippen LogP contribution in [0.4, 0.5) is 0 Å². The topological polar surface area (TPSA) is 32.5 Å². The zero-order valence-electron chi connectivity index (χ0n) is 14.0. The number of benzene rings is 1. The van der Waals surface area contributed by atoms with Crippen LogP contribution in [-0.2, 0) is 6.54 Å². The highest BCUT2D eigenvalue weighted by atomic mass is 16.4. The Labute approximate surface area is 132 Å². The van der Waals surface area contributed by atoms with Gasteiger partial charge in [-0.1, -0.05) is 18.2 Å². The van der Waals surface area contributed by atoms with Crippen LogP contribution < -0.4 is 0 Å². The van der Waals surface area contributed by atoms with E-state index < -0.39 is 0 Å². The molecule has 4 nitrogen and oxygen atoms in total. The number of rotatable bonds is 4. The summed E-state index contributed by atoms with van der Waals surface area (Å²) in [6.07, 6.45) is 1.23. The molecule has 118 valence electrons. The second kappa shape index (κ2) is 6.23. The van der Waals surface area contributed by atoms with E-state index >= 15 is 0 Å². The molecule has 0 N–H and O–H groups in total. The van der Waals surface area contributed by atoms with Crippen molar-refractivity contribution < 1.29 is 4.42 Å². The molecule has 0 radical (unpaired) electrons. The highest BCUT2D eigenvalue weighted by molar-refractivity contribution is 5.58. The third-order valence-corrected chi connectivity index (χ3v) is 4.62. The minimum Gasteiger partial charge on any atom is -0.441 e. The molecular weight excluding hydrogens is 274 g/mol. The van der Waals surface area contributed by atoms with Crippen molar-refractivity contribution in [3.63, 3.8) is 0 Å². The first-order valence-electron chi connectivity index (χ1n) is 7.95. The summed E-state index contributed by atoms with van der Waals surface area (Å²) in [4.78, 5) is 9.54. The van der Waals surface area contributed by atoms with Crippen LogP contribution in [0.3, 0.4) is 0 Å². The molecule has 0 saturated carbocycles. The molecule has 1 aromatic heterocycles. The molecule has 1 fully saturated rings. The molecule has 2 heterocycles. The summed E-state index contributed by atoms with van der Waals surface area (Å²) >= 11 is 0. The first-order chi connectivity index (χ1) is 10.5. The van der Waals surface area contributed by atoms with Crippen molar-refractivity contribution >= 4 is 0 Å². The summed E-state index contributed by atoms with van der Waals surface area (Å²) in [5, 5.41) is 0. The summed E-state index contributed by atoms with van der Waals surface area (Å²) in [7, 11) is 4.32. The molecule has 0 spiro atoms. The van der Waals surface area contributed by atoms with Crippen LogP contribution in [0.25, 0.3) is 11.5 Å². The number of likely N-dealkylation sites (tertiary alicyclic amines) is 1. The van der Waals surface area contributed by atoms with Gasteiger partial charge in [0.1, 0.15) is 5.76 Å². The van der Waals surface area contributed by atoms with Gasteiger partial charge < -0.3 is 9.32 Å². The Morgan fingerprint density at radius 2 is 2.05 bits per heavy atom. The smallest absolute Gasteiger partial charge is 0.226 e. The van der Waals surface area contributed by atoms with E-state index in [1.807, 2.05) is 19.1 Å². The van der Waals surface area contributed by atoms with Gasteiger partial charge in [0, 0.05) is 31.2 Å². The Morgan fingerprint density at radius 1 is 1.27 bits per heavy atom. The van der Waals surface area contributed by atoms with Crippen LogP contribution in [0.2, 0.25) is 0 Å². The van der Waals surface area contributed by atoms with E-state index in [4.69, 9.17) is 9.40 Å². The predicted molar refractivity (Wildman–Crippen MR) is 88.8 cm³/mol. The van der Waals surface area contributed by atoms with Crippen LogP contribution >= 0.6 is 0 Å². The Kier molecular flexibility index (Phi) is 4.32. The molecule has 1 unspecified atom stereocenters. The van der Waals surface area contributed by atoms with Crippen LogP contribution in [0.15, 0.2) is 28.7 Å². The van der Waals surface area contributed by atoms with Crippen LogP contribution in [0.1, 0.15) is 23.4 Å². The van der Waals surface area contributed by atoms with Crippen molar-refractivity contribution in [2.24, 2.45) is 0 Å². The van der Waals surface area contributed by atoms with E-state index in [2.05, 4.69) is 43.0 Å². The number of oxazole rings is 1. The number of aryl methyl sites for hydroxylation is 2. The van der Waals surface area contributed by atoms with Gasteiger partial charge in [-0.2, -0.15) is 0 Å². The molecule has 4 heteroatoms. The third-order valence-electron chi connectivity index (χ3n) is 4.62. The molecule has 1 aromatic carbocycles. The molecule has 1 saturated heterocycles. The summed E-state index contributed by atoms with van der Waals surface area (Å²) in [5.41, 5.74) is 3.35. The van der Waals surface area contributed by atoms with Gasteiger partial charge in [0.2, 0.25) is 5.89 Å². The maximum absolute atomic E-state index is 5.92. The largest absolute Gasteiger partial charge is 0.441 e. The zero-order valence-corrected chi connectivity index (χ0v) is 14.0. The van der Waals surface area contributed by atoms with Crippen LogP contribution in [0, 0.1) is 13.8 Å². The van der Waals surface area contributed by atoms with E-state index in [1.165, 1.54) is 12.0 Å². The molecule has 1 aliphatic heterocycles. The number of likely N-dealkylation sites (N-methyl/N-ethyl adjacent to an activating group) is 1. The Balaban J connectivity index is 1.75. The average molecular weight is 299 g/mol. The first kappa shape index (κ1) is 15.3. The van der Waals surface area contributed by atoms with Gasteiger partial charge in [0.15, 0.2) is 0 Å². The molecule has 22 heavy (non-hydrogen) atoms. The highest BCUT2D eigenvalue weighted by Crippen LogP contribution is 2.26. The Morgan fingerprint density at radius 3 is 2.73 bits per heavy atom. The predicted octanol–water partition coefficient (Wildman–Crippen LogP) is 3.09. The fourth-order valence-electron chi connectivity index (χ4n) is 3.09. The highest BCUT2D eigenvalue weighted by Gasteiger charge is 2.25. The minimum atomic E-state index is 0.656. The lowest BCUT2D eigenvalue weighted by molar-refractivity contribution is 0.262. The van der Waals surface area contributed by atoms with Gasteiger partial charge in [0.25, 0.3) is 0 Å². The fourth-order valence-corrected chi connectivity index (χ4v) is 3.09. The van der Waals surface area contributed by atoms with Crippen molar-refractivity contribution in [1.82, 2.24) is 14.8 Å². The normalized spacial score (nSPS) is 19.2. The second-order valence-electron chi connectivity index (χ2n) is 6.48. The van der Waals surface area contributed by atoms with E-state index in [9.17, 15) is 0 Å². The van der Waals surface area contributed by atoms with Crippen molar-refractivity contribution in [3.05, 3.63) is 41.3 Å². The average Bonchev–Trinajstić information content (AvgIpc) is 3.08. The standard InChI is InChI=1S/C18H25N3O/c1-13-7-5-6-8-16(13)18-19-17(14(2)22-18)12-21-10-9-15(11-21)20(3)4/h5-8,15H,9-12H2,1-4H3. The van der Waals surface area contributed by atoms with Crippen molar-refractivity contribution in [2.45, 2.75) is 32.9 Å². The summed E-state index contributed by atoms with van der Waals surface area (Å²) in [6.45, 7) is 7.24. The zero-order chi connectivity index (χ0) is 15.7. The van der Waals surface area contributed by atoms with E-state index in [0.717, 1.165) is 42.5 Å². The number of hydrogen-bond donors (Lipinski definition) is 0. The van der Waals surface area contributed by atoms with Crippen LogP contribution in [0.5, 0.6) is 0 Å². The maximum atomic E-state index is 5.92. The molecule has 3 rings (SSSR count). The van der Waals surface area contributed by atoms with Gasteiger partial charge in [-0.3, -0.25) is 4.90 Å². The first-order valence-corrected chi connectivity index (χ1v) is 7.95. The lowest BCUT2D eigenvalue weighted by Gasteiger charge is -2.19. The van der Waals surface area contributed by atoms with Gasteiger partial charge in [0.05, 0.1) is 5.69 Å². The molecule has 0 amide bonds. The van der Waals surface area contributed by atoms with Crippen molar-refractivity contribution in [1.29, 1.82) is 0 Å². The summed E-state index contributed by atoms with van der Waals surface area (Å²) < 4.78 is 5.92. The third kappa shape index (κ3) is 3.08. The van der Waals surface area contributed by atoms with Crippen molar-refractivity contribution in [3.8, 4) is 11.5 Å². The van der Waals surface area contributed by atoms with Gasteiger partial charge in [-0.15, -0.1) is 0 Å². The maximum Gasteiger partial charge on any atom is 0.226 e. The molecule has 0 aliphatic carbocycles. The molecule has 2 aromatic rings. The fraction of sp³-hybridized carbons (Fsp3) is 0.500. The molecule has 1 atom stereocenters. The molecule has 1 aliphatic rings. The second-order valence-corrected chi connectivity index (χ2v) is 6.48. The number of aromatic nitrogens is 1. The quantitative estimate of drug-likeness (QED) is 0.868. The summed E-state index contributed by atoms with van der Waals surface area (Å²) in [5.74, 6) is 1.68. The van der Waals surface area contributed by atoms with E-state index in [1.54, 1.807) is 0 Å². The van der Waals surface area contributed by atoms with Gasteiger partial charge in [-0.05, 0) is 46.0 Å². The number of hydrogen-bond acceptors (Lipinski definition) is 4. The van der Waals surface area contributed by atoms with E-state index in [-0.39, 0.29) is 0 Å². The van der Waals surface area contributed by atoms with Crippen molar-refractivity contribution in [2.75, 3.05) is 27.2 Å². The SMILES string of the molecule is Cc1ccccc1-c1nc(CN2CCC(N(C)C)C2)c(C)o1. The van der Waals surface area contributed by atoms with E-state index in [0.29, 0.717) is 6.04 Å². The lowest BCUT2D eigenvalue weighted by Crippen LogP contribution is -2.31. The lowest BCUT2D eigenvalue weighted by atomic mass is 10.1. The monoisotopic (exact) mass is 299 g/mol. The van der Waals surface area contributed by atoms with Gasteiger partial charge >= 0.3 is 0 Å². The Hall–Kier alpha value is -1.65. The summed E-state index contributed by atoms with van der Waals surface area (Å²) in [6, 6.07) is 8.90. The Bertz CT molecular complexity index is 648. The number of nitrogens with zero attached hydrogens (tertiary/aromatic N) is 3. The minimum absolute atomic E-state index is 0.656.